The molecule has 0 aromatic rings. The predicted octanol–water partition coefficient (Wildman–Crippen LogP) is 13.0. The van der Waals surface area contributed by atoms with E-state index in [1.807, 2.05) is 0 Å². The molecule has 0 N–H and O–H groups in total. The lowest BCUT2D eigenvalue weighted by Gasteiger charge is -2.20. The first-order valence-corrected chi connectivity index (χ1v) is 22.3. The van der Waals surface area contributed by atoms with E-state index < -0.39 is 13.7 Å². The van der Waals surface area contributed by atoms with Crippen LogP contribution in [0.15, 0.2) is 24.3 Å². The molecule has 1 unspecified atom stereocenters. The van der Waals surface area contributed by atoms with Crippen LogP contribution in [-0.2, 0) is 32.7 Å². The molecule has 0 rings (SSSR count). The van der Waals surface area contributed by atoms with E-state index in [1.165, 1.54) is 123 Å². The Morgan fingerprint density at radius 1 is 0.531 bits per heavy atom. The van der Waals surface area contributed by atoms with Crippen molar-refractivity contribution < 1.29 is 32.7 Å². The van der Waals surface area contributed by atoms with Crippen molar-refractivity contribution in [1.29, 1.82) is 0 Å². The van der Waals surface area contributed by atoms with Gasteiger partial charge in [-0.2, -0.15) is 0 Å². The normalized spacial score (nSPS) is 13.6. The standard InChI is InChI=1S/C41H77O7P/c1-5-7-9-11-13-15-17-19-21-23-25-27-29-31-33-35-40(42)46-37-39(38-47-49(4,44)45-3)48-41(43)36-34-32-30-28-26-24-22-20-18-16-14-12-10-8-6-2/h19-22,39H,5-18,23-38H2,1-4H3/b21-19?,22-20-/t39-,49?/m1/s1. The number of carbonyl (C=O) groups is 2. The fraction of sp³-hybridized carbons (Fsp3) is 0.854. The van der Waals surface area contributed by atoms with Crippen LogP contribution in [0.4, 0.5) is 0 Å². The van der Waals surface area contributed by atoms with Crippen molar-refractivity contribution in [1.82, 2.24) is 0 Å². The lowest BCUT2D eigenvalue weighted by Crippen LogP contribution is -2.29. The van der Waals surface area contributed by atoms with Crippen molar-refractivity contribution in [2.75, 3.05) is 27.0 Å². The maximum absolute atomic E-state index is 12.5. The van der Waals surface area contributed by atoms with Gasteiger partial charge < -0.3 is 18.5 Å². The molecule has 2 atom stereocenters. The minimum atomic E-state index is -3.26. The highest BCUT2D eigenvalue weighted by molar-refractivity contribution is 7.52. The summed E-state index contributed by atoms with van der Waals surface area (Å²) in [6.07, 6.45) is 40.2. The minimum absolute atomic E-state index is 0.119. The van der Waals surface area contributed by atoms with Gasteiger partial charge >= 0.3 is 19.5 Å². The molecule has 0 aliphatic carbocycles. The highest BCUT2D eigenvalue weighted by Gasteiger charge is 2.22. The van der Waals surface area contributed by atoms with Gasteiger partial charge in [0.2, 0.25) is 0 Å². The van der Waals surface area contributed by atoms with Crippen molar-refractivity contribution in [3.8, 4) is 0 Å². The molecule has 0 aromatic heterocycles. The molecule has 0 bridgehead atoms. The largest absolute Gasteiger partial charge is 0.462 e. The fourth-order valence-electron chi connectivity index (χ4n) is 5.57. The molecule has 0 aromatic carbocycles. The number of hydrogen-bond acceptors (Lipinski definition) is 7. The van der Waals surface area contributed by atoms with Gasteiger partial charge in [0.25, 0.3) is 0 Å². The van der Waals surface area contributed by atoms with Gasteiger partial charge in [-0.1, -0.05) is 141 Å². The van der Waals surface area contributed by atoms with Gasteiger partial charge in [0.05, 0.1) is 6.61 Å². The lowest BCUT2D eigenvalue weighted by molar-refractivity contribution is -0.161. The number of unbranched alkanes of at least 4 members (excludes halogenated alkanes) is 22. The molecule has 0 fully saturated rings. The first-order chi connectivity index (χ1) is 23.8. The molecular formula is C41H77O7P. The van der Waals surface area contributed by atoms with Gasteiger partial charge in [-0.3, -0.25) is 14.2 Å². The minimum Gasteiger partial charge on any atom is -0.462 e. The highest BCUT2D eigenvalue weighted by Crippen LogP contribution is 2.42. The van der Waals surface area contributed by atoms with Crippen LogP contribution in [0, 0.1) is 0 Å². The highest BCUT2D eigenvalue weighted by atomic mass is 31.2. The average Bonchev–Trinajstić information content (AvgIpc) is 3.09. The molecule has 0 aliphatic rings. The van der Waals surface area contributed by atoms with Crippen LogP contribution in [0.25, 0.3) is 0 Å². The van der Waals surface area contributed by atoms with Crippen LogP contribution in [-0.4, -0.2) is 45.0 Å². The Hall–Kier alpha value is -1.43. The number of hydrogen-bond donors (Lipinski definition) is 0. The quantitative estimate of drug-likeness (QED) is 0.0274. The Morgan fingerprint density at radius 3 is 1.31 bits per heavy atom. The molecule has 0 saturated heterocycles. The first-order valence-electron chi connectivity index (χ1n) is 20.3. The van der Waals surface area contributed by atoms with Crippen molar-refractivity contribution in [3.63, 3.8) is 0 Å². The van der Waals surface area contributed by atoms with E-state index in [9.17, 15) is 14.2 Å². The molecule has 7 nitrogen and oxygen atoms in total. The number of allylic oxidation sites excluding steroid dienone is 4. The van der Waals surface area contributed by atoms with Gasteiger partial charge in [0.1, 0.15) is 6.61 Å². The summed E-state index contributed by atoms with van der Waals surface area (Å²) in [5.41, 5.74) is 0. The third-order valence-corrected chi connectivity index (χ3v) is 10.1. The Labute approximate surface area is 302 Å². The summed E-state index contributed by atoms with van der Waals surface area (Å²) in [4.78, 5) is 24.9. The third kappa shape index (κ3) is 36.2. The van der Waals surface area contributed by atoms with Gasteiger partial charge in [-0.25, -0.2) is 0 Å². The lowest BCUT2D eigenvalue weighted by atomic mass is 10.1. The number of carbonyl (C=O) groups excluding carboxylic acids is 2. The van der Waals surface area contributed by atoms with Crippen LogP contribution >= 0.6 is 7.60 Å². The Bertz CT molecular complexity index is 857. The zero-order chi connectivity index (χ0) is 36.1. The molecule has 0 aliphatic heterocycles. The van der Waals surface area contributed by atoms with E-state index in [0.29, 0.717) is 12.8 Å². The number of esters is 2. The molecule has 0 heterocycles. The summed E-state index contributed by atoms with van der Waals surface area (Å²) in [5.74, 6) is -0.676. The van der Waals surface area contributed by atoms with Gasteiger partial charge in [-0.15, -0.1) is 0 Å². The molecular weight excluding hydrogens is 635 g/mol. The Balaban J connectivity index is 4.05. The smallest absolute Gasteiger partial charge is 0.327 e. The molecule has 288 valence electrons. The van der Waals surface area contributed by atoms with E-state index in [2.05, 4.69) is 38.2 Å². The van der Waals surface area contributed by atoms with E-state index in [1.54, 1.807) is 0 Å². The van der Waals surface area contributed by atoms with Crippen LogP contribution in [0.2, 0.25) is 0 Å². The van der Waals surface area contributed by atoms with Crippen LogP contribution < -0.4 is 0 Å². The van der Waals surface area contributed by atoms with Crippen molar-refractivity contribution in [3.05, 3.63) is 24.3 Å². The zero-order valence-electron chi connectivity index (χ0n) is 32.4. The van der Waals surface area contributed by atoms with Crippen molar-refractivity contribution >= 4 is 19.5 Å². The maximum atomic E-state index is 12.5. The summed E-state index contributed by atoms with van der Waals surface area (Å²) in [5, 5.41) is 0. The summed E-state index contributed by atoms with van der Waals surface area (Å²) in [7, 11) is -1.95. The fourth-order valence-corrected chi connectivity index (χ4v) is 6.11. The van der Waals surface area contributed by atoms with Crippen molar-refractivity contribution in [2.24, 2.45) is 0 Å². The second-order valence-corrected chi connectivity index (χ2v) is 15.9. The van der Waals surface area contributed by atoms with Crippen molar-refractivity contribution in [2.45, 2.75) is 200 Å². The van der Waals surface area contributed by atoms with E-state index >= 15 is 0 Å². The first kappa shape index (κ1) is 47.6. The molecule has 0 spiro atoms. The summed E-state index contributed by atoms with van der Waals surface area (Å²) in [6.45, 7) is 5.59. The van der Waals surface area contributed by atoms with E-state index in [4.69, 9.17) is 18.5 Å². The molecule has 0 saturated carbocycles. The molecule has 0 amide bonds. The van der Waals surface area contributed by atoms with Gasteiger partial charge in [-0.05, 0) is 64.2 Å². The van der Waals surface area contributed by atoms with Crippen LogP contribution in [0.1, 0.15) is 194 Å². The van der Waals surface area contributed by atoms with Gasteiger partial charge in [0, 0.05) is 26.6 Å². The Morgan fingerprint density at radius 2 is 0.898 bits per heavy atom. The van der Waals surface area contributed by atoms with Crippen LogP contribution in [0.5, 0.6) is 0 Å². The SMILES string of the molecule is CCCCCCCCC=CCCCCCCCC(=O)OC[C@H](COP(C)(=O)OC)OC(=O)CCCCCCC/C=C\CCCCCCCC. The second kappa shape index (κ2) is 36.4. The second-order valence-electron chi connectivity index (χ2n) is 13.7. The monoisotopic (exact) mass is 713 g/mol. The summed E-state index contributed by atoms with van der Waals surface area (Å²) >= 11 is 0. The van der Waals surface area contributed by atoms with Gasteiger partial charge in [0.15, 0.2) is 6.10 Å². The van der Waals surface area contributed by atoms with E-state index in [-0.39, 0.29) is 25.2 Å². The molecule has 0 radical (unpaired) electrons. The Kier molecular flexibility index (Phi) is 35.3. The third-order valence-electron chi connectivity index (χ3n) is 8.84. The average molecular weight is 713 g/mol. The topological polar surface area (TPSA) is 88.1 Å². The number of rotatable bonds is 37. The molecule has 49 heavy (non-hydrogen) atoms. The predicted molar refractivity (Wildman–Crippen MR) is 206 cm³/mol. The summed E-state index contributed by atoms with van der Waals surface area (Å²) in [6, 6.07) is 0. The maximum Gasteiger partial charge on any atom is 0.327 e. The summed E-state index contributed by atoms with van der Waals surface area (Å²) < 4.78 is 33.4. The van der Waals surface area contributed by atoms with E-state index in [0.717, 1.165) is 57.8 Å². The van der Waals surface area contributed by atoms with Crippen LogP contribution in [0.3, 0.4) is 0 Å². The zero-order valence-corrected chi connectivity index (χ0v) is 33.3. The number of ether oxygens (including phenoxy) is 2. The molecule has 8 heteroatoms.